The van der Waals surface area contributed by atoms with Gasteiger partial charge in [0.2, 0.25) is 0 Å². The van der Waals surface area contributed by atoms with Gasteiger partial charge in [-0.3, -0.25) is 23.1 Å². The molecule has 9 aliphatic carbocycles. The zero-order valence-electron chi connectivity index (χ0n) is 59.9. The Hall–Kier alpha value is -4.08. The first-order valence-electron chi connectivity index (χ1n) is 38.2. The molecule has 6 aliphatic heterocycles. The van der Waals surface area contributed by atoms with Crippen LogP contribution in [0.15, 0.2) is 36.4 Å². The molecule has 0 radical (unpaired) electrons. The molecule has 6 saturated carbocycles. The summed E-state index contributed by atoms with van der Waals surface area (Å²) in [5, 5.41) is 70.3. The number of aromatic hydroxyl groups is 2. The van der Waals surface area contributed by atoms with E-state index < -0.39 is 59.4 Å². The maximum absolute atomic E-state index is 12.7. The normalized spacial score (nSPS) is 35.9. The van der Waals surface area contributed by atoms with Gasteiger partial charge >= 0.3 is 0 Å². The van der Waals surface area contributed by atoms with Crippen LogP contribution in [0.2, 0.25) is 0 Å². The van der Waals surface area contributed by atoms with Crippen LogP contribution in [-0.4, -0.2) is 272 Å². The topological polar surface area (TPSA) is 310 Å². The fraction of sp³-hybridized carbons (Fsp3) is 0.763. The first-order valence-corrected chi connectivity index (χ1v) is 41.8. The molecular weight excluding hydrogens is 1370 g/mol. The number of likely N-dealkylation sites (tertiary alicyclic amines) is 3. The average Bonchev–Trinajstić information content (AvgIpc) is 1.52. The third kappa shape index (κ3) is 12.9. The Morgan fingerprint density at radius 3 is 1.18 bits per heavy atom. The SMILES string of the molecule is COCc1ccc2c3c1O[C@H]1[C@@H](O)CC[C@@]4(O)[C@@H](C2)N(CC2CC2)CC[C@]314.CS(=O)(=O)OCCOCCOCCOS(C)(=O)=O.Oc1ccc2c3c1O[C@H]1[C@@H](OCCOCCOCCO[C@H]4CC[C@@]5(O)[C@H]6Cc7ccc(O)c8c7[C@@]5(CCN6CC5CC5)[C@H]4O8)CC[C@@]4(O)[C@@H](C2)N(CC2CC2)CC[C@]314. The second-order valence-electron chi connectivity index (χ2n) is 32.4. The molecule has 9 fully saturated rings. The summed E-state index contributed by atoms with van der Waals surface area (Å²) in [6, 6.07) is 12.2. The zero-order chi connectivity index (χ0) is 71.5. The van der Waals surface area contributed by atoms with Gasteiger partial charge in [-0.05, 0) is 182 Å². The van der Waals surface area contributed by atoms with Gasteiger partial charge in [0.15, 0.2) is 23.0 Å². The molecule has 570 valence electrons. The lowest BCUT2D eigenvalue weighted by Crippen LogP contribution is -2.77. The van der Waals surface area contributed by atoms with Crippen LogP contribution in [0.4, 0.5) is 0 Å². The fourth-order valence-corrected chi connectivity index (χ4v) is 22.4. The highest BCUT2D eigenvalue weighted by Crippen LogP contribution is 2.69. The molecular formula is C76H107N3O22S2. The molecule has 0 amide bonds. The van der Waals surface area contributed by atoms with Gasteiger partial charge in [-0.1, -0.05) is 24.3 Å². The van der Waals surface area contributed by atoms with Gasteiger partial charge in [-0.25, -0.2) is 0 Å². The lowest BCUT2D eigenvalue weighted by Gasteiger charge is -2.64. The number of hydrogen-bond donors (Lipinski definition) is 6. The number of methoxy groups -OCH3 is 1. The molecule has 15 atom stereocenters. The van der Waals surface area contributed by atoms with Crippen molar-refractivity contribution < 1.29 is 103 Å². The predicted octanol–water partition coefficient (Wildman–Crippen LogP) is 4.46. The number of phenolic OH excluding ortho intramolecular Hbond substituents is 2. The van der Waals surface area contributed by atoms with E-state index >= 15 is 0 Å². The number of aliphatic hydroxyl groups is 4. The van der Waals surface area contributed by atoms with Crippen molar-refractivity contribution >= 4 is 20.2 Å². The van der Waals surface area contributed by atoms with E-state index in [1.165, 1.54) is 60.8 Å². The van der Waals surface area contributed by atoms with E-state index in [9.17, 15) is 47.5 Å². The van der Waals surface area contributed by atoms with Crippen molar-refractivity contribution in [1.82, 2.24) is 14.7 Å². The molecule has 25 nitrogen and oxygen atoms in total. The number of benzene rings is 3. The molecule has 3 saturated heterocycles. The average molecular weight is 1480 g/mol. The van der Waals surface area contributed by atoms with Crippen LogP contribution < -0.4 is 14.2 Å². The summed E-state index contributed by atoms with van der Waals surface area (Å²) in [4.78, 5) is 7.67. The Bertz CT molecular complexity index is 3660. The van der Waals surface area contributed by atoms with Crippen molar-refractivity contribution in [2.24, 2.45) is 17.8 Å². The molecule has 15 aliphatic rings. The molecule has 3 aromatic carbocycles. The highest BCUT2D eigenvalue weighted by Gasteiger charge is 2.76. The van der Waals surface area contributed by atoms with Crippen LogP contribution in [0.25, 0.3) is 0 Å². The van der Waals surface area contributed by atoms with Gasteiger partial charge in [-0.2, -0.15) is 16.8 Å². The summed E-state index contributed by atoms with van der Waals surface area (Å²) >= 11 is 0. The van der Waals surface area contributed by atoms with Crippen LogP contribution in [0.3, 0.4) is 0 Å². The highest BCUT2D eigenvalue weighted by molar-refractivity contribution is 7.86. The minimum atomic E-state index is -3.43. The van der Waals surface area contributed by atoms with Gasteiger partial charge in [0.05, 0.1) is 150 Å². The maximum Gasteiger partial charge on any atom is 0.264 e. The van der Waals surface area contributed by atoms with E-state index in [-0.39, 0.29) is 99.8 Å². The third-order valence-electron chi connectivity index (χ3n) is 26.5. The number of aliphatic hydroxyl groups excluding tert-OH is 1. The smallest absolute Gasteiger partial charge is 0.264 e. The van der Waals surface area contributed by atoms with E-state index in [1.54, 1.807) is 19.2 Å². The minimum Gasteiger partial charge on any atom is -0.504 e. The minimum absolute atomic E-state index is 0.0456. The largest absolute Gasteiger partial charge is 0.504 e. The molecule has 0 unspecified atom stereocenters. The first-order chi connectivity index (χ1) is 49.5. The summed E-state index contributed by atoms with van der Waals surface area (Å²) in [6.07, 6.45) is 16.7. The van der Waals surface area contributed by atoms with Crippen molar-refractivity contribution in [1.29, 1.82) is 0 Å². The van der Waals surface area contributed by atoms with Gasteiger partial charge in [0.1, 0.15) is 24.1 Å². The molecule has 18 rings (SSSR count). The number of nitrogens with zero attached hydrogens (tertiary/aromatic N) is 3. The second-order valence-corrected chi connectivity index (χ2v) is 35.7. The van der Waals surface area contributed by atoms with E-state index in [0.29, 0.717) is 96.3 Å². The van der Waals surface area contributed by atoms with Crippen molar-refractivity contribution in [2.75, 3.05) is 138 Å². The zero-order valence-corrected chi connectivity index (χ0v) is 61.6. The highest BCUT2D eigenvalue weighted by atomic mass is 32.2. The van der Waals surface area contributed by atoms with E-state index in [0.717, 1.165) is 130 Å². The first kappa shape index (κ1) is 73.1. The number of ether oxygens (including phenoxy) is 10. The van der Waals surface area contributed by atoms with Crippen LogP contribution in [0, 0.1) is 17.8 Å². The lowest BCUT2D eigenvalue weighted by molar-refractivity contribution is -0.217. The van der Waals surface area contributed by atoms with Crippen LogP contribution in [0.1, 0.15) is 135 Å². The second kappa shape index (κ2) is 28.4. The lowest BCUT2D eigenvalue weighted by atomic mass is 9.48. The van der Waals surface area contributed by atoms with Gasteiger partial charge in [-0.15, -0.1) is 0 Å². The number of rotatable bonds is 30. The van der Waals surface area contributed by atoms with Crippen LogP contribution in [-0.2, 0) is 104 Å². The third-order valence-corrected chi connectivity index (χ3v) is 27.7. The van der Waals surface area contributed by atoms with Gasteiger partial charge in [0.25, 0.3) is 20.2 Å². The molecule has 27 heteroatoms. The molecule has 0 aromatic heterocycles. The van der Waals surface area contributed by atoms with E-state index in [2.05, 4.69) is 35.2 Å². The predicted molar refractivity (Wildman–Crippen MR) is 374 cm³/mol. The molecule has 6 N–H and O–H groups in total. The number of piperidine rings is 3. The molecule has 6 bridgehead atoms. The molecule has 6 heterocycles. The van der Waals surface area contributed by atoms with Crippen molar-refractivity contribution in [3.63, 3.8) is 0 Å². The number of phenols is 2. The summed E-state index contributed by atoms with van der Waals surface area (Å²) in [5.41, 5.74) is 3.70. The Labute approximate surface area is 605 Å². The summed E-state index contributed by atoms with van der Waals surface area (Å²) in [7, 11) is -5.16. The summed E-state index contributed by atoms with van der Waals surface area (Å²) in [5.74, 6) is 4.61. The van der Waals surface area contributed by atoms with Crippen LogP contribution >= 0.6 is 0 Å². The Balaban J connectivity index is 0.000000150. The summed E-state index contributed by atoms with van der Waals surface area (Å²) in [6.45, 7) is 9.78. The van der Waals surface area contributed by atoms with E-state index in [4.69, 9.17) is 47.4 Å². The molecule has 103 heavy (non-hydrogen) atoms. The van der Waals surface area contributed by atoms with E-state index in [1.807, 2.05) is 12.1 Å². The Morgan fingerprint density at radius 1 is 0.447 bits per heavy atom. The Morgan fingerprint density at radius 2 is 0.796 bits per heavy atom. The fourth-order valence-electron chi connectivity index (χ4n) is 21.7. The van der Waals surface area contributed by atoms with Gasteiger partial charge in [0, 0.05) is 67.1 Å². The molecule has 3 aromatic rings. The van der Waals surface area contributed by atoms with Crippen molar-refractivity contribution in [3.8, 4) is 28.7 Å². The molecule has 3 spiro atoms. The van der Waals surface area contributed by atoms with Gasteiger partial charge < -0.3 is 78.0 Å². The number of hydrogen-bond acceptors (Lipinski definition) is 25. The Kier molecular flexibility index (Phi) is 20.2. The monoisotopic (exact) mass is 1480 g/mol. The van der Waals surface area contributed by atoms with Crippen LogP contribution in [0.5, 0.6) is 28.7 Å². The standard InChI is InChI=1S/C46H60N2O10.C22H29NO4.C8H18O8S2/c49-31-7-5-29-23-35-45(51)11-9-33(41-43(45,37(29)39(31)57-41)13-15-47(35)25-27-1-2-27)55-21-19-53-17-18-54-20-22-56-34-10-12-46(52)36-24-30-6-8-32(50)40-38(30)44(46,42(34)58-40)14-16-48(36)26-28-3-4-28;1-26-12-15-5-4-14-10-17-22(25)7-6-16(24)20-21(22,18(14)19(15)27-20)8-9-23(17)11-13-2-3-13;1-17(9,10)15-7-5-13-3-4-14-6-8-16-18(2,11)12/h5-8,27-28,33-36,41-42,49-52H,1-4,9-26H2;4-5,13,16-17,20,24-25H,2-3,6-12H2,1H3;3-8H2,1-2H3/t33-,34-,35+,36+,41-,42-,43-,44-,45+,46+;16-,17+,20-,21-,22+;/m00./s1. The van der Waals surface area contributed by atoms with Crippen molar-refractivity contribution in [3.05, 3.63) is 75.3 Å². The maximum atomic E-state index is 12.7. The van der Waals surface area contributed by atoms with Crippen molar-refractivity contribution in [2.45, 2.75) is 210 Å². The quantitative estimate of drug-likeness (QED) is 0.0396. The summed E-state index contributed by atoms with van der Waals surface area (Å²) < 4.78 is 111.